The number of alkyl halides is 3. The number of rotatable bonds is 6. The minimum atomic E-state index is -4.83. The second-order valence-electron chi connectivity index (χ2n) is 7.49. The highest BCUT2D eigenvalue weighted by atomic mass is 19.4. The summed E-state index contributed by atoms with van der Waals surface area (Å²) in [6.07, 6.45) is -3.16. The van der Waals surface area contributed by atoms with Gasteiger partial charge in [-0.3, -0.25) is 9.20 Å². The SMILES string of the molecule is Cc1ccn2c(=O)cc(COc3ccc(NC(=O)Nc4cccc(OC(F)(F)F)c4)cc3)nc2c1. The van der Waals surface area contributed by atoms with Crippen molar-refractivity contribution < 1.29 is 27.4 Å². The van der Waals surface area contributed by atoms with Crippen LogP contribution in [0.1, 0.15) is 11.3 Å². The molecule has 0 fully saturated rings. The van der Waals surface area contributed by atoms with Crippen LogP contribution in [0.25, 0.3) is 5.65 Å². The average molecular weight is 484 g/mol. The highest BCUT2D eigenvalue weighted by Crippen LogP contribution is 2.25. The molecule has 0 aliphatic carbocycles. The number of pyridine rings is 1. The third-order valence-corrected chi connectivity index (χ3v) is 4.70. The minimum Gasteiger partial charge on any atom is -0.487 e. The zero-order valence-electron chi connectivity index (χ0n) is 18.3. The molecule has 0 aliphatic heterocycles. The minimum absolute atomic E-state index is 0.0727. The second-order valence-corrected chi connectivity index (χ2v) is 7.49. The number of ether oxygens (including phenoxy) is 2. The number of carbonyl (C=O) groups excluding carboxylic acids is 1. The van der Waals surface area contributed by atoms with Gasteiger partial charge in [0.25, 0.3) is 5.56 Å². The fourth-order valence-electron chi connectivity index (χ4n) is 3.18. The van der Waals surface area contributed by atoms with E-state index in [9.17, 15) is 22.8 Å². The molecule has 0 radical (unpaired) electrons. The van der Waals surface area contributed by atoms with Gasteiger partial charge in [0.2, 0.25) is 0 Å². The van der Waals surface area contributed by atoms with E-state index in [4.69, 9.17) is 4.74 Å². The average Bonchev–Trinajstić information content (AvgIpc) is 2.77. The van der Waals surface area contributed by atoms with Gasteiger partial charge in [-0.15, -0.1) is 13.2 Å². The molecule has 4 aromatic rings. The van der Waals surface area contributed by atoms with Crippen LogP contribution in [0.4, 0.5) is 29.3 Å². The van der Waals surface area contributed by atoms with Crippen molar-refractivity contribution in [1.82, 2.24) is 9.38 Å². The number of hydrogen-bond donors (Lipinski definition) is 2. The van der Waals surface area contributed by atoms with Gasteiger partial charge in [0.05, 0.1) is 5.69 Å². The number of carbonyl (C=O) groups is 1. The fraction of sp³-hybridized carbons (Fsp3) is 0.125. The molecule has 2 N–H and O–H groups in total. The number of amides is 2. The summed E-state index contributed by atoms with van der Waals surface area (Å²) in [4.78, 5) is 28.9. The van der Waals surface area contributed by atoms with Gasteiger partial charge in [-0.05, 0) is 61.0 Å². The summed E-state index contributed by atoms with van der Waals surface area (Å²) >= 11 is 0. The summed E-state index contributed by atoms with van der Waals surface area (Å²) in [6, 6.07) is 15.7. The van der Waals surface area contributed by atoms with Gasteiger partial charge >= 0.3 is 12.4 Å². The van der Waals surface area contributed by atoms with E-state index in [0.717, 1.165) is 17.7 Å². The summed E-state index contributed by atoms with van der Waals surface area (Å²) in [5, 5.41) is 5.00. The van der Waals surface area contributed by atoms with Crippen molar-refractivity contribution >= 4 is 23.1 Å². The molecule has 0 unspecified atom stereocenters. The lowest BCUT2D eigenvalue weighted by Crippen LogP contribution is -2.20. The van der Waals surface area contributed by atoms with E-state index in [-0.39, 0.29) is 17.9 Å². The molecule has 11 heteroatoms. The van der Waals surface area contributed by atoms with Gasteiger partial charge in [-0.25, -0.2) is 9.78 Å². The first-order valence-corrected chi connectivity index (χ1v) is 10.3. The lowest BCUT2D eigenvalue weighted by Gasteiger charge is -2.12. The van der Waals surface area contributed by atoms with E-state index in [1.165, 1.54) is 22.6 Å². The fourth-order valence-corrected chi connectivity index (χ4v) is 3.18. The summed E-state index contributed by atoms with van der Waals surface area (Å²) in [5.41, 5.74) is 2.31. The zero-order chi connectivity index (χ0) is 25.0. The summed E-state index contributed by atoms with van der Waals surface area (Å²) < 4.78 is 48.0. The Labute approximate surface area is 197 Å². The second kappa shape index (κ2) is 9.75. The normalized spacial score (nSPS) is 11.2. The Morgan fingerprint density at radius 2 is 1.71 bits per heavy atom. The molecule has 180 valence electrons. The molecule has 2 aromatic carbocycles. The van der Waals surface area contributed by atoms with Crippen molar-refractivity contribution in [2.75, 3.05) is 10.6 Å². The van der Waals surface area contributed by atoms with Gasteiger partial charge in [0.15, 0.2) is 0 Å². The Morgan fingerprint density at radius 1 is 0.971 bits per heavy atom. The molecule has 0 aliphatic rings. The lowest BCUT2D eigenvalue weighted by molar-refractivity contribution is -0.274. The van der Waals surface area contributed by atoms with Crippen molar-refractivity contribution in [2.24, 2.45) is 0 Å². The Morgan fingerprint density at radius 3 is 2.46 bits per heavy atom. The molecule has 35 heavy (non-hydrogen) atoms. The first-order chi connectivity index (χ1) is 16.6. The van der Waals surface area contributed by atoms with Crippen LogP contribution in [0.15, 0.2) is 77.7 Å². The molecular weight excluding hydrogens is 465 g/mol. The predicted molar refractivity (Wildman–Crippen MR) is 123 cm³/mol. The summed E-state index contributed by atoms with van der Waals surface area (Å²) in [7, 11) is 0. The van der Waals surface area contributed by atoms with Crippen LogP contribution < -0.4 is 25.7 Å². The molecule has 2 amide bonds. The third kappa shape index (κ3) is 6.50. The number of fused-ring (bicyclic) bond motifs is 1. The highest BCUT2D eigenvalue weighted by Gasteiger charge is 2.31. The van der Waals surface area contributed by atoms with E-state index < -0.39 is 18.1 Å². The van der Waals surface area contributed by atoms with Gasteiger partial charge < -0.3 is 20.1 Å². The van der Waals surface area contributed by atoms with Gasteiger partial charge in [0, 0.05) is 29.7 Å². The molecule has 0 spiro atoms. The lowest BCUT2D eigenvalue weighted by atomic mass is 10.3. The van der Waals surface area contributed by atoms with Crippen LogP contribution in [0.3, 0.4) is 0 Å². The largest absolute Gasteiger partial charge is 0.573 e. The van der Waals surface area contributed by atoms with E-state index in [1.807, 2.05) is 13.0 Å². The topological polar surface area (TPSA) is 94.0 Å². The third-order valence-electron chi connectivity index (χ3n) is 4.70. The van der Waals surface area contributed by atoms with E-state index in [2.05, 4.69) is 20.4 Å². The number of nitrogens with zero attached hydrogens (tertiary/aromatic N) is 2. The highest BCUT2D eigenvalue weighted by molar-refractivity contribution is 5.99. The number of benzene rings is 2. The maximum Gasteiger partial charge on any atom is 0.573 e. The van der Waals surface area contributed by atoms with E-state index in [1.54, 1.807) is 36.5 Å². The summed E-state index contributed by atoms with van der Waals surface area (Å²) in [5.74, 6) is 0.0368. The molecule has 8 nitrogen and oxygen atoms in total. The van der Waals surface area contributed by atoms with Crippen LogP contribution in [0, 0.1) is 6.92 Å². The summed E-state index contributed by atoms with van der Waals surface area (Å²) in [6.45, 7) is 1.98. The maximum atomic E-state index is 12.4. The molecule has 0 bridgehead atoms. The molecule has 4 rings (SSSR count). The number of aryl methyl sites for hydroxylation is 1. The predicted octanol–water partition coefficient (Wildman–Crippen LogP) is 5.12. The van der Waals surface area contributed by atoms with Crippen LogP contribution in [-0.2, 0) is 6.61 Å². The number of anilines is 2. The van der Waals surface area contributed by atoms with Gasteiger partial charge in [0.1, 0.15) is 23.8 Å². The van der Waals surface area contributed by atoms with Crippen molar-refractivity contribution in [3.8, 4) is 11.5 Å². The van der Waals surface area contributed by atoms with Crippen molar-refractivity contribution in [2.45, 2.75) is 19.9 Å². The number of aromatic nitrogens is 2. The van der Waals surface area contributed by atoms with Crippen LogP contribution >= 0.6 is 0 Å². The number of nitrogens with one attached hydrogen (secondary N) is 2. The molecular formula is C24H19F3N4O4. The number of halogens is 3. The number of urea groups is 1. The van der Waals surface area contributed by atoms with Crippen molar-refractivity contribution in [3.05, 3.63) is 94.5 Å². The van der Waals surface area contributed by atoms with Crippen molar-refractivity contribution in [1.29, 1.82) is 0 Å². The van der Waals surface area contributed by atoms with Crippen LogP contribution in [0.5, 0.6) is 11.5 Å². The smallest absolute Gasteiger partial charge is 0.487 e. The molecule has 0 saturated heterocycles. The Balaban J connectivity index is 1.34. The van der Waals surface area contributed by atoms with Crippen molar-refractivity contribution in [3.63, 3.8) is 0 Å². The molecule has 2 aromatic heterocycles. The molecule has 2 heterocycles. The van der Waals surface area contributed by atoms with Crippen LogP contribution in [0.2, 0.25) is 0 Å². The standard InChI is InChI=1S/C24H19F3N4O4/c1-15-9-10-31-21(11-15)28-18(13-22(31)32)14-34-19-7-5-16(6-8-19)29-23(33)30-17-3-2-4-20(12-17)35-24(25,26)27/h2-13H,14H2,1H3,(H2,29,30,33). The Bertz CT molecular complexity index is 1420. The monoisotopic (exact) mass is 484 g/mol. The van der Waals surface area contributed by atoms with E-state index in [0.29, 0.717) is 22.8 Å². The van der Waals surface area contributed by atoms with Gasteiger partial charge in [-0.1, -0.05) is 6.07 Å². The first kappa shape index (κ1) is 23.6. The molecule has 0 saturated carbocycles. The maximum absolute atomic E-state index is 12.4. The molecule has 0 atom stereocenters. The zero-order valence-corrected chi connectivity index (χ0v) is 18.3. The Kier molecular flexibility index (Phi) is 6.58. The van der Waals surface area contributed by atoms with E-state index >= 15 is 0 Å². The van der Waals surface area contributed by atoms with Crippen LogP contribution in [-0.4, -0.2) is 21.8 Å². The van der Waals surface area contributed by atoms with Gasteiger partial charge in [-0.2, -0.15) is 0 Å². The first-order valence-electron chi connectivity index (χ1n) is 10.3. The quantitative estimate of drug-likeness (QED) is 0.396. The number of hydrogen-bond acceptors (Lipinski definition) is 5. The Hall–Kier alpha value is -4.54.